The maximum Gasteiger partial charge on any atom is 0.123 e. The molecule has 0 aliphatic heterocycles. The Morgan fingerprint density at radius 1 is 1.33 bits per heavy atom. The highest BCUT2D eigenvalue weighted by Gasteiger charge is 2.27. The largest absolute Gasteiger partial charge is 0.310 e. The van der Waals surface area contributed by atoms with Gasteiger partial charge in [-0.2, -0.15) is 0 Å². The fourth-order valence-electron chi connectivity index (χ4n) is 3.08. The number of pyridine rings is 1. The first-order valence-electron chi connectivity index (χ1n) is 7.60. The van der Waals surface area contributed by atoms with E-state index in [0.717, 1.165) is 30.6 Å². The summed E-state index contributed by atoms with van der Waals surface area (Å²) in [4.78, 5) is 4.54. The molecule has 1 aliphatic carbocycles. The third kappa shape index (κ3) is 2.98. The van der Waals surface area contributed by atoms with E-state index in [2.05, 4.69) is 30.2 Å². The number of nitrogens with zero attached hydrogens (tertiary/aromatic N) is 1. The van der Waals surface area contributed by atoms with Crippen LogP contribution in [0.25, 0.3) is 0 Å². The maximum absolute atomic E-state index is 13.7. The third-order valence-corrected chi connectivity index (χ3v) is 4.14. The number of halogens is 1. The number of aromatic nitrogens is 1. The van der Waals surface area contributed by atoms with Crippen molar-refractivity contribution in [1.29, 1.82) is 0 Å². The smallest absolute Gasteiger partial charge is 0.123 e. The summed E-state index contributed by atoms with van der Waals surface area (Å²) in [5.41, 5.74) is 4.68. The van der Waals surface area contributed by atoms with Crippen LogP contribution >= 0.6 is 0 Å². The van der Waals surface area contributed by atoms with Crippen LogP contribution in [0.5, 0.6) is 0 Å². The fraction of sp³-hybridized carbons (Fsp3) is 0.389. The van der Waals surface area contributed by atoms with E-state index < -0.39 is 0 Å². The Balaban J connectivity index is 1.96. The molecule has 0 saturated heterocycles. The summed E-state index contributed by atoms with van der Waals surface area (Å²) in [6, 6.07) is 9.67. The monoisotopic (exact) mass is 284 g/mol. The van der Waals surface area contributed by atoms with Crippen molar-refractivity contribution in [2.75, 3.05) is 0 Å². The van der Waals surface area contributed by atoms with Crippen LogP contribution in [0, 0.1) is 5.82 Å². The first kappa shape index (κ1) is 14.2. The van der Waals surface area contributed by atoms with E-state index >= 15 is 0 Å². The average Bonchev–Trinajstić information content (AvgIpc) is 2.89. The molecular formula is C18H21FN2. The topological polar surface area (TPSA) is 24.9 Å². The Kier molecular flexibility index (Phi) is 4.02. The second-order valence-electron chi connectivity index (χ2n) is 6.02. The summed E-state index contributed by atoms with van der Waals surface area (Å²) < 4.78 is 13.7. The highest BCUT2D eigenvalue weighted by Crippen LogP contribution is 2.38. The van der Waals surface area contributed by atoms with Gasteiger partial charge in [-0.05, 0) is 47.7 Å². The van der Waals surface area contributed by atoms with Crippen molar-refractivity contribution >= 4 is 0 Å². The van der Waals surface area contributed by atoms with E-state index in [9.17, 15) is 4.39 Å². The maximum atomic E-state index is 13.7. The highest BCUT2D eigenvalue weighted by molar-refractivity contribution is 5.42. The SMILES string of the molecule is CC(C)NCc1ccc(F)cc1C1CCc2cccnc21. The van der Waals surface area contributed by atoms with Gasteiger partial charge in [-0.25, -0.2) is 4.39 Å². The van der Waals surface area contributed by atoms with Crippen molar-refractivity contribution in [3.05, 3.63) is 64.7 Å². The Morgan fingerprint density at radius 3 is 3.00 bits per heavy atom. The number of aryl methyl sites for hydroxylation is 1. The molecule has 1 atom stereocenters. The zero-order valence-corrected chi connectivity index (χ0v) is 12.6. The van der Waals surface area contributed by atoms with Crippen LogP contribution in [-0.4, -0.2) is 11.0 Å². The number of benzene rings is 1. The molecule has 1 aromatic heterocycles. The summed E-state index contributed by atoms with van der Waals surface area (Å²) in [5, 5.41) is 3.43. The first-order chi connectivity index (χ1) is 10.1. The quantitative estimate of drug-likeness (QED) is 0.924. The molecule has 0 bridgehead atoms. The van der Waals surface area contributed by atoms with Crippen LogP contribution < -0.4 is 5.32 Å². The lowest BCUT2D eigenvalue weighted by Crippen LogP contribution is -2.23. The third-order valence-electron chi connectivity index (χ3n) is 4.14. The molecule has 1 heterocycles. The molecule has 2 aromatic rings. The lowest BCUT2D eigenvalue weighted by Gasteiger charge is -2.18. The molecule has 2 nitrogen and oxygen atoms in total. The van der Waals surface area contributed by atoms with Gasteiger partial charge in [0.05, 0.1) is 5.69 Å². The lowest BCUT2D eigenvalue weighted by molar-refractivity contribution is 0.578. The Morgan fingerprint density at radius 2 is 2.19 bits per heavy atom. The minimum Gasteiger partial charge on any atom is -0.310 e. The van der Waals surface area contributed by atoms with Crippen molar-refractivity contribution in [3.8, 4) is 0 Å². The van der Waals surface area contributed by atoms with Crippen LogP contribution in [0.15, 0.2) is 36.5 Å². The molecule has 0 fully saturated rings. The van der Waals surface area contributed by atoms with E-state index in [1.807, 2.05) is 18.3 Å². The van der Waals surface area contributed by atoms with Gasteiger partial charge < -0.3 is 5.32 Å². The Bertz CT molecular complexity index is 637. The van der Waals surface area contributed by atoms with Gasteiger partial charge in [0, 0.05) is 24.7 Å². The second kappa shape index (κ2) is 5.94. The zero-order valence-electron chi connectivity index (χ0n) is 12.6. The number of hydrogen-bond acceptors (Lipinski definition) is 2. The molecule has 0 radical (unpaired) electrons. The lowest BCUT2D eigenvalue weighted by atomic mass is 9.91. The number of fused-ring (bicyclic) bond motifs is 1. The molecule has 3 heteroatoms. The van der Waals surface area contributed by atoms with E-state index in [4.69, 9.17) is 0 Å². The van der Waals surface area contributed by atoms with E-state index in [0.29, 0.717) is 6.04 Å². The normalized spacial score (nSPS) is 17.2. The van der Waals surface area contributed by atoms with Crippen LogP contribution in [0.2, 0.25) is 0 Å². The van der Waals surface area contributed by atoms with Gasteiger partial charge >= 0.3 is 0 Å². The van der Waals surface area contributed by atoms with Gasteiger partial charge in [0.25, 0.3) is 0 Å². The van der Waals surface area contributed by atoms with Crippen LogP contribution in [-0.2, 0) is 13.0 Å². The second-order valence-corrected chi connectivity index (χ2v) is 6.02. The molecule has 1 N–H and O–H groups in total. The van der Waals surface area contributed by atoms with Crippen molar-refractivity contribution in [3.63, 3.8) is 0 Å². The number of nitrogens with one attached hydrogen (secondary N) is 1. The highest BCUT2D eigenvalue weighted by atomic mass is 19.1. The molecule has 1 unspecified atom stereocenters. The van der Waals surface area contributed by atoms with Crippen molar-refractivity contribution in [2.45, 2.75) is 45.2 Å². The summed E-state index contributed by atoms with van der Waals surface area (Å²) in [7, 11) is 0. The van der Waals surface area contributed by atoms with Crippen LogP contribution in [0.3, 0.4) is 0 Å². The van der Waals surface area contributed by atoms with Gasteiger partial charge in [0.2, 0.25) is 0 Å². The predicted molar refractivity (Wildman–Crippen MR) is 82.8 cm³/mol. The summed E-state index contributed by atoms with van der Waals surface area (Å²) >= 11 is 0. The van der Waals surface area contributed by atoms with Gasteiger partial charge in [-0.1, -0.05) is 26.0 Å². The van der Waals surface area contributed by atoms with Crippen molar-refractivity contribution in [2.24, 2.45) is 0 Å². The van der Waals surface area contributed by atoms with Crippen LogP contribution in [0.4, 0.5) is 4.39 Å². The van der Waals surface area contributed by atoms with Crippen molar-refractivity contribution in [1.82, 2.24) is 10.3 Å². The summed E-state index contributed by atoms with van der Waals surface area (Å²) in [6.45, 7) is 5.01. The van der Waals surface area contributed by atoms with Gasteiger partial charge in [0.1, 0.15) is 5.82 Å². The Labute approximate surface area is 125 Å². The molecule has 0 saturated carbocycles. The van der Waals surface area contributed by atoms with E-state index in [1.54, 1.807) is 12.1 Å². The molecule has 21 heavy (non-hydrogen) atoms. The Hall–Kier alpha value is -1.74. The number of hydrogen-bond donors (Lipinski definition) is 1. The standard InChI is InChI=1S/C18H21FN2/c1-12(2)21-11-14-5-7-15(19)10-17(14)16-8-6-13-4-3-9-20-18(13)16/h3-5,7,9-10,12,16,21H,6,8,11H2,1-2H3. The van der Waals surface area contributed by atoms with E-state index in [1.165, 1.54) is 11.1 Å². The predicted octanol–water partition coefficient (Wildman–Crippen LogP) is 3.80. The van der Waals surface area contributed by atoms with Crippen LogP contribution in [0.1, 0.15) is 48.6 Å². The minimum atomic E-state index is -0.164. The molecule has 1 aromatic carbocycles. The molecule has 0 spiro atoms. The van der Waals surface area contributed by atoms with E-state index in [-0.39, 0.29) is 11.7 Å². The molecular weight excluding hydrogens is 263 g/mol. The average molecular weight is 284 g/mol. The minimum absolute atomic E-state index is 0.164. The van der Waals surface area contributed by atoms with Gasteiger partial charge in [-0.3, -0.25) is 4.98 Å². The van der Waals surface area contributed by atoms with Gasteiger partial charge in [0.15, 0.2) is 0 Å². The molecule has 3 rings (SSSR count). The van der Waals surface area contributed by atoms with Crippen molar-refractivity contribution < 1.29 is 4.39 Å². The molecule has 1 aliphatic rings. The van der Waals surface area contributed by atoms with Gasteiger partial charge in [-0.15, -0.1) is 0 Å². The summed E-state index contributed by atoms with van der Waals surface area (Å²) in [5.74, 6) is 0.0588. The zero-order chi connectivity index (χ0) is 14.8. The fourth-order valence-corrected chi connectivity index (χ4v) is 3.08. The molecule has 0 amide bonds. The molecule has 110 valence electrons. The summed E-state index contributed by atoms with van der Waals surface area (Å²) in [6.07, 6.45) is 3.88. The number of rotatable bonds is 4. The first-order valence-corrected chi connectivity index (χ1v) is 7.60.